The zero-order chi connectivity index (χ0) is 27.9. The summed E-state index contributed by atoms with van der Waals surface area (Å²) >= 11 is 0. The molecule has 2 amide bonds. The van der Waals surface area contributed by atoms with Gasteiger partial charge in [0.25, 0.3) is 11.8 Å². The third-order valence-electron chi connectivity index (χ3n) is 6.84. The van der Waals surface area contributed by atoms with E-state index in [1.54, 1.807) is 30.2 Å². The van der Waals surface area contributed by atoms with E-state index in [-0.39, 0.29) is 36.3 Å². The van der Waals surface area contributed by atoms with Gasteiger partial charge in [-0.1, -0.05) is 25.1 Å². The van der Waals surface area contributed by atoms with Crippen LogP contribution in [0.15, 0.2) is 61.1 Å². The van der Waals surface area contributed by atoms with Crippen molar-refractivity contribution in [3.8, 4) is 11.5 Å². The molecule has 2 N–H and O–H groups in total. The molecule has 1 aromatic heterocycles. The monoisotopic (exact) mass is 533 g/mol. The van der Waals surface area contributed by atoms with Crippen LogP contribution in [0.1, 0.15) is 40.3 Å². The maximum atomic E-state index is 13.6. The zero-order valence-electron chi connectivity index (χ0n) is 22.7. The molecule has 10 heteroatoms. The van der Waals surface area contributed by atoms with Gasteiger partial charge in [0.2, 0.25) is 0 Å². The fourth-order valence-corrected chi connectivity index (χ4v) is 4.58. The molecule has 4 rings (SSSR count). The molecule has 0 bridgehead atoms. The van der Waals surface area contributed by atoms with Crippen LogP contribution in [-0.4, -0.2) is 82.7 Å². The molecule has 39 heavy (non-hydrogen) atoms. The Kier molecular flexibility index (Phi) is 9.11. The summed E-state index contributed by atoms with van der Waals surface area (Å²) in [6.07, 6.45) is 3.98. The van der Waals surface area contributed by atoms with Gasteiger partial charge >= 0.3 is 0 Å². The Morgan fingerprint density at radius 1 is 1.26 bits per heavy atom. The minimum Gasteiger partial charge on any atom is -0.497 e. The van der Waals surface area contributed by atoms with Crippen molar-refractivity contribution in [3.63, 3.8) is 0 Å². The van der Waals surface area contributed by atoms with Crippen LogP contribution in [0, 0.1) is 5.92 Å². The Hall–Kier alpha value is -4.02. The lowest BCUT2D eigenvalue weighted by molar-refractivity contribution is 0.0343. The number of carbonyl (C=O) groups is 2. The summed E-state index contributed by atoms with van der Waals surface area (Å²) in [5.41, 5.74) is 1.96. The number of para-hydroxylation sites is 1. The Morgan fingerprint density at radius 3 is 2.69 bits per heavy atom. The summed E-state index contributed by atoms with van der Waals surface area (Å²) in [5, 5.41) is 12.7. The molecule has 206 valence electrons. The Bertz CT molecular complexity index is 1270. The number of carbonyl (C=O) groups excluding carboxylic acids is 2. The number of methoxy groups -OCH3 is 1. The quantitative estimate of drug-likeness (QED) is 0.431. The number of anilines is 1. The van der Waals surface area contributed by atoms with Crippen molar-refractivity contribution in [2.75, 3.05) is 39.2 Å². The van der Waals surface area contributed by atoms with Crippen molar-refractivity contribution in [2.24, 2.45) is 5.92 Å². The van der Waals surface area contributed by atoms with Gasteiger partial charge < -0.3 is 24.8 Å². The van der Waals surface area contributed by atoms with Gasteiger partial charge in [-0.05, 0) is 43.8 Å². The van der Waals surface area contributed by atoms with E-state index >= 15 is 0 Å². The van der Waals surface area contributed by atoms with E-state index in [9.17, 15) is 14.7 Å². The molecule has 0 saturated heterocycles. The molecule has 1 aliphatic heterocycles. The predicted octanol–water partition coefficient (Wildman–Crippen LogP) is 3.09. The number of aliphatic hydroxyl groups is 1. The smallest absolute Gasteiger partial charge is 0.275 e. The SMILES string of the molecule is COc1ccc(CN(C)C[C@H]2Oc3c(NC(=O)c4cnccn4)cccc3C(=O)N([C@@H](C)CO)C[C@@H]2C)cc1. The summed E-state index contributed by atoms with van der Waals surface area (Å²) in [4.78, 5) is 38.4. The number of ether oxygens (including phenoxy) is 2. The molecule has 0 radical (unpaired) electrons. The van der Waals surface area contributed by atoms with Crippen LogP contribution >= 0.6 is 0 Å². The number of benzene rings is 2. The molecule has 3 aromatic rings. The number of likely N-dealkylation sites (N-methyl/N-ethyl adjacent to an activating group) is 1. The predicted molar refractivity (Wildman–Crippen MR) is 147 cm³/mol. The van der Waals surface area contributed by atoms with Gasteiger partial charge in [0, 0.05) is 37.9 Å². The average Bonchev–Trinajstić information content (AvgIpc) is 2.95. The molecule has 0 fully saturated rings. The van der Waals surface area contributed by atoms with E-state index < -0.39 is 5.91 Å². The van der Waals surface area contributed by atoms with Gasteiger partial charge in [0.15, 0.2) is 5.75 Å². The summed E-state index contributed by atoms with van der Waals surface area (Å²) in [6, 6.07) is 12.6. The lowest BCUT2D eigenvalue weighted by Gasteiger charge is -2.38. The van der Waals surface area contributed by atoms with E-state index in [0.717, 1.165) is 11.3 Å². The average molecular weight is 534 g/mol. The first-order valence-electron chi connectivity index (χ1n) is 12.9. The van der Waals surface area contributed by atoms with Crippen molar-refractivity contribution < 1.29 is 24.2 Å². The number of rotatable bonds is 9. The summed E-state index contributed by atoms with van der Waals surface area (Å²) < 4.78 is 11.8. The highest BCUT2D eigenvalue weighted by atomic mass is 16.5. The van der Waals surface area contributed by atoms with Gasteiger partial charge in [0.05, 0.1) is 37.2 Å². The summed E-state index contributed by atoms with van der Waals surface area (Å²) in [5.74, 6) is 0.298. The van der Waals surface area contributed by atoms with E-state index in [4.69, 9.17) is 9.47 Å². The highest BCUT2D eigenvalue weighted by Crippen LogP contribution is 2.35. The van der Waals surface area contributed by atoms with Crippen LogP contribution in [-0.2, 0) is 6.54 Å². The Labute approximate surface area is 228 Å². The maximum Gasteiger partial charge on any atom is 0.275 e. The van der Waals surface area contributed by atoms with Gasteiger partial charge in [-0.2, -0.15) is 0 Å². The van der Waals surface area contributed by atoms with Crippen LogP contribution in [0.2, 0.25) is 0 Å². The molecular formula is C29H35N5O5. The minimum absolute atomic E-state index is 0.0711. The summed E-state index contributed by atoms with van der Waals surface area (Å²) in [7, 11) is 3.66. The topological polar surface area (TPSA) is 117 Å². The molecule has 0 unspecified atom stereocenters. The van der Waals surface area contributed by atoms with Crippen molar-refractivity contribution in [1.82, 2.24) is 19.8 Å². The second-order valence-electron chi connectivity index (χ2n) is 9.89. The lowest BCUT2D eigenvalue weighted by atomic mass is 9.98. The fourth-order valence-electron chi connectivity index (χ4n) is 4.58. The second kappa shape index (κ2) is 12.7. The van der Waals surface area contributed by atoms with E-state index in [0.29, 0.717) is 36.6 Å². The minimum atomic E-state index is -0.462. The van der Waals surface area contributed by atoms with Gasteiger partial charge in [-0.15, -0.1) is 0 Å². The fraction of sp³-hybridized carbons (Fsp3) is 0.379. The molecule has 2 heterocycles. The number of hydrogen-bond donors (Lipinski definition) is 2. The van der Waals surface area contributed by atoms with E-state index in [1.165, 1.54) is 18.6 Å². The van der Waals surface area contributed by atoms with Crippen molar-refractivity contribution >= 4 is 17.5 Å². The summed E-state index contributed by atoms with van der Waals surface area (Å²) in [6.45, 7) is 5.34. The number of fused-ring (bicyclic) bond motifs is 1. The third-order valence-corrected chi connectivity index (χ3v) is 6.84. The van der Waals surface area contributed by atoms with Crippen LogP contribution < -0.4 is 14.8 Å². The number of nitrogens with one attached hydrogen (secondary N) is 1. The van der Waals surface area contributed by atoms with Crippen LogP contribution in [0.3, 0.4) is 0 Å². The maximum absolute atomic E-state index is 13.6. The Balaban J connectivity index is 1.64. The second-order valence-corrected chi connectivity index (χ2v) is 9.89. The van der Waals surface area contributed by atoms with Crippen molar-refractivity contribution in [1.29, 1.82) is 0 Å². The highest BCUT2D eigenvalue weighted by molar-refractivity contribution is 6.06. The Morgan fingerprint density at radius 2 is 2.03 bits per heavy atom. The number of nitrogens with zero attached hydrogens (tertiary/aromatic N) is 4. The first-order valence-corrected chi connectivity index (χ1v) is 12.9. The molecule has 2 aromatic carbocycles. The molecule has 0 saturated carbocycles. The molecule has 0 aliphatic carbocycles. The van der Waals surface area contributed by atoms with E-state index in [1.807, 2.05) is 45.2 Å². The van der Waals surface area contributed by atoms with Crippen LogP contribution in [0.25, 0.3) is 0 Å². The normalized spacial score (nSPS) is 18.0. The van der Waals surface area contributed by atoms with Gasteiger partial charge in [-0.3, -0.25) is 19.5 Å². The zero-order valence-corrected chi connectivity index (χ0v) is 22.7. The highest BCUT2D eigenvalue weighted by Gasteiger charge is 2.34. The van der Waals surface area contributed by atoms with Crippen molar-refractivity contribution in [2.45, 2.75) is 32.5 Å². The number of aliphatic hydroxyl groups excluding tert-OH is 1. The number of hydrogen-bond acceptors (Lipinski definition) is 8. The molecule has 3 atom stereocenters. The largest absolute Gasteiger partial charge is 0.497 e. The molecular weight excluding hydrogens is 498 g/mol. The third kappa shape index (κ3) is 6.71. The molecule has 0 spiro atoms. The van der Waals surface area contributed by atoms with Crippen LogP contribution in [0.4, 0.5) is 5.69 Å². The first-order chi connectivity index (χ1) is 18.8. The van der Waals surface area contributed by atoms with Gasteiger partial charge in [-0.25, -0.2) is 4.98 Å². The standard InChI is InChI=1S/C29H35N5O5/c1-19-15-34(20(2)18-35)29(37)23-6-5-7-24(32-28(36)25-14-30-12-13-31-25)27(23)39-26(19)17-33(3)16-21-8-10-22(38-4)11-9-21/h5-14,19-20,26,35H,15-18H2,1-4H3,(H,32,36)/t19-,20-,26+/m0/s1. The molecule has 1 aliphatic rings. The first kappa shape index (κ1) is 28.0. The molecule has 10 nitrogen and oxygen atoms in total. The van der Waals surface area contributed by atoms with E-state index in [2.05, 4.69) is 20.2 Å². The number of aromatic nitrogens is 2. The van der Waals surface area contributed by atoms with Gasteiger partial charge in [0.1, 0.15) is 17.5 Å². The van der Waals surface area contributed by atoms with Crippen molar-refractivity contribution in [3.05, 3.63) is 77.9 Å². The van der Waals surface area contributed by atoms with Crippen LogP contribution in [0.5, 0.6) is 11.5 Å². The lowest BCUT2D eigenvalue weighted by Crippen LogP contribution is -2.49. The number of amides is 2.